The number of aryl methyl sites for hydroxylation is 1. The van der Waals surface area contributed by atoms with Crippen LogP contribution in [0.2, 0.25) is 5.02 Å². The van der Waals surface area contributed by atoms with Crippen LogP contribution in [-0.4, -0.2) is 8.42 Å². The zero-order chi connectivity index (χ0) is 15.6. The van der Waals surface area contributed by atoms with E-state index in [-0.39, 0.29) is 15.6 Å². The molecule has 0 heterocycles. The van der Waals surface area contributed by atoms with Crippen molar-refractivity contribution in [3.05, 3.63) is 52.8 Å². The smallest absolute Gasteiger partial charge is 0.262 e. The normalized spacial score (nSPS) is 11.4. The molecule has 0 aliphatic rings. The Morgan fingerprint density at radius 1 is 1.24 bits per heavy atom. The first-order chi connectivity index (χ1) is 9.83. The summed E-state index contributed by atoms with van der Waals surface area (Å²) in [5.41, 5.74) is 6.58. The molecule has 0 bridgehead atoms. The van der Waals surface area contributed by atoms with E-state index in [9.17, 15) is 12.8 Å². The fourth-order valence-electron chi connectivity index (χ4n) is 1.89. The predicted molar refractivity (Wildman–Crippen MR) is 82.5 cm³/mol. The highest BCUT2D eigenvalue weighted by molar-refractivity contribution is 7.92. The Labute approximate surface area is 127 Å². The van der Waals surface area contributed by atoms with E-state index in [4.69, 9.17) is 17.3 Å². The molecule has 0 aliphatic heterocycles. The summed E-state index contributed by atoms with van der Waals surface area (Å²) >= 11 is 5.88. The van der Waals surface area contributed by atoms with Gasteiger partial charge in [0, 0.05) is 5.69 Å². The van der Waals surface area contributed by atoms with E-state index >= 15 is 0 Å². The van der Waals surface area contributed by atoms with Gasteiger partial charge in [0.15, 0.2) is 0 Å². The largest absolute Gasteiger partial charge is 0.399 e. The summed E-state index contributed by atoms with van der Waals surface area (Å²) in [6.45, 7) is 1.83. The van der Waals surface area contributed by atoms with Crippen LogP contribution in [0, 0.1) is 5.82 Å². The van der Waals surface area contributed by atoms with E-state index < -0.39 is 15.8 Å². The Morgan fingerprint density at radius 2 is 1.95 bits per heavy atom. The lowest BCUT2D eigenvalue weighted by atomic mass is 10.1. The third-order valence-electron chi connectivity index (χ3n) is 2.93. The number of nitrogen functional groups attached to an aromatic ring is 1. The molecule has 0 aliphatic carbocycles. The van der Waals surface area contributed by atoms with E-state index in [1.807, 2.05) is 6.92 Å². The minimum Gasteiger partial charge on any atom is -0.399 e. The van der Waals surface area contributed by atoms with E-state index in [2.05, 4.69) is 4.72 Å². The van der Waals surface area contributed by atoms with Crippen LogP contribution in [0.4, 0.5) is 15.8 Å². The van der Waals surface area contributed by atoms with Crippen molar-refractivity contribution in [2.45, 2.75) is 18.2 Å². The summed E-state index contributed by atoms with van der Waals surface area (Å²) in [6, 6.07) is 8.11. The Bertz CT molecular complexity index is 779. The van der Waals surface area contributed by atoms with Crippen molar-refractivity contribution < 1.29 is 12.8 Å². The molecule has 0 atom stereocenters. The maximum atomic E-state index is 13.2. The molecular formula is C14H14ClFN2O2S. The highest BCUT2D eigenvalue weighted by Crippen LogP contribution is 2.27. The van der Waals surface area contributed by atoms with Crippen LogP contribution in [-0.2, 0) is 16.4 Å². The van der Waals surface area contributed by atoms with Crippen LogP contribution in [0.15, 0.2) is 41.3 Å². The Balaban J connectivity index is 2.48. The first-order valence-corrected chi connectivity index (χ1v) is 8.06. The Kier molecular flexibility index (Phi) is 4.39. The second-order valence-electron chi connectivity index (χ2n) is 4.45. The molecule has 2 rings (SSSR count). The minimum atomic E-state index is -3.90. The van der Waals surface area contributed by atoms with Gasteiger partial charge in [-0.05, 0) is 42.3 Å². The number of benzene rings is 2. The topological polar surface area (TPSA) is 72.2 Å². The predicted octanol–water partition coefficient (Wildman–Crippen LogP) is 3.42. The fraction of sp³-hybridized carbons (Fsp3) is 0.143. The van der Waals surface area contributed by atoms with Crippen LogP contribution >= 0.6 is 11.6 Å². The van der Waals surface area contributed by atoms with Gasteiger partial charge in [0.2, 0.25) is 0 Å². The van der Waals surface area contributed by atoms with Crippen molar-refractivity contribution in [1.82, 2.24) is 0 Å². The number of rotatable bonds is 4. The fourth-order valence-corrected chi connectivity index (χ4v) is 3.53. The molecule has 112 valence electrons. The molecule has 0 aromatic heterocycles. The third-order valence-corrected chi connectivity index (χ3v) is 4.71. The summed E-state index contributed by atoms with van der Waals surface area (Å²) in [4.78, 5) is 0.0605. The number of anilines is 2. The Morgan fingerprint density at radius 3 is 2.62 bits per heavy atom. The van der Waals surface area contributed by atoms with Crippen molar-refractivity contribution in [1.29, 1.82) is 0 Å². The second-order valence-corrected chi connectivity index (χ2v) is 6.51. The summed E-state index contributed by atoms with van der Waals surface area (Å²) < 4.78 is 40.4. The monoisotopic (exact) mass is 328 g/mol. The van der Waals surface area contributed by atoms with Gasteiger partial charge in [0.25, 0.3) is 10.0 Å². The molecule has 0 spiro atoms. The molecule has 0 amide bonds. The number of nitrogens with one attached hydrogen (secondary N) is 1. The van der Waals surface area contributed by atoms with Gasteiger partial charge in [0.05, 0.1) is 15.6 Å². The maximum Gasteiger partial charge on any atom is 0.262 e. The third kappa shape index (κ3) is 3.46. The summed E-state index contributed by atoms with van der Waals surface area (Å²) in [5, 5.41) is 0.113. The molecular weight excluding hydrogens is 315 g/mol. The lowest BCUT2D eigenvalue weighted by Crippen LogP contribution is -2.15. The molecule has 3 N–H and O–H groups in total. The van der Waals surface area contributed by atoms with Gasteiger partial charge in [-0.1, -0.05) is 24.6 Å². The van der Waals surface area contributed by atoms with Gasteiger partial charge in [0.1, 0.15) is 5.82 Å². The summed E-state index contributed by atoms with van der Waals surface area (Å²) in [5.74, 6) is -0.583. The molecule has 4 nitrogen and oxygen atoms in total. The quantitative estimate of drug-likeness (QED) is 0.845. The van der Waals surface area contributed by atoms with Gasteiger partial charge in [-0.3, -0.25) is 4.72 Å². The van der Waals surface area contributed by atoms with E-state index in [0.717, 1.165) is 12.1 Å². The average molecular weight is 329 g/mol. The molecule has 21 heavy (non-hydrogen) atoms. The molecule has 2 aromatic rings. The van der Waals surface area contributed by atoms with Crippen LogP contribution in [0.5, 0.6) is 0 Å². The summed E-state index contributed by atoms with van der Waals surface area (Å²) in [6.07, 6.45) is 0.521. The van der Waals surface area contributed by atoms with Gasteiger partial charge >= 0.3 is 0 Å². The van der Waals surface area contributed by atoms with Crippen LogP contribution < -0.4 is 10.5 Å². The first kappa shape index (κ1) is 15.6. The zero-order valence-electron chi connectivity index (χ0n) is 11.2. The molecule has 0 saturated carbocycles. The van der Waals surface area contributed by atoms with Crippen LogP contribution in [0.25, 0.3) is 0 Å². The second kappa shape index (κ2) is 5.91. The van der Waals surface area contributed by atoms with Gasteiger partial charge in [-0.15, -0.1) is 0 Å². The highest BCUT2D eigenvalue weighted by atomic mass is 35.5. The van der Waals surface area contributed by atoms with Crippen molar-refractivity contribution in [2.75, 3.05) is 10.5 Å². The number of halogens is 2. The maximum absolute atomic E-state index is 13.2. The number of sulfonamides is 1. The lowest BCUT2D eigenvalue weighted by molar-refractivity contribution is 0.600. The molecule has 2 aromatic carbocycles. The van der Waals surface area contributed by atoms with Crippen molar-refractivity contribution in [3.63, 3.8) is 0 Å². The number of hydrogen-bond acceptors (Lipinski definition) is 3. The minimum absolute atomic E-state index is 0.0128. The summed E-state index contributed by atoms with van der Waals surface area (Å²) in [7, 11) is -3.90. The van der Waals surface area contributed by atoms with Crippen molar-refractivity contribution >= 4 is 33.0 Å². The van der Waals surface area contributed by atoms with Crippen molar-refractivity contribution in [3.8, 4) is 0 Å². The molecule has 0 radical (unpaired) electrons. The molecule has 0 fully saturated rings. The Hall–Kier alpha value is -1.79. The first-order valence-electron chi connectivity index (χ1n) is 6.19. The average Bonchev–Trinajstić information content (AvgIpc) is 2.42. The van der Waals surface area contributed by atoms with E-state index in [1.165, 1.54) is 12.1 Å². The molecule has 0 unspecified atom stereocenters. The van der Waals surface area contributed by atoms with Gasteiger partial charge in [-0.2, -0.15) is 0 Å². The van der Waals surface area contributed by atoms with Crippen molar-refractivity contribution in [2.24, 2.45) is 0 Å². The lowest BCUT2D eigenvalue weighted by Gasteiger charge is -2.13. The van der Waals surface area contributed by atoms with Gasteiger partial charge < -0.3 is 5.73 Å². The number of nitrogens with two attached hydrogens (primary N) is 1. The number of hydrogen-bond donors (Lipinski definition) is 2. The van der Waals surface area contributed by atoms with Crippen LogP contribution in [0.1, 0.15) is 12.5 Å². The van der Waals surface area contributed by atoms with E-state index in [0.29, 0.717) is 17.7 Å². The SMILES string of the molecule is CCc1ccc(N)cc1S(=O)(=O)Nc1cc(F)ccc1Cl. The van der Waals surface area contributed by atoms with Gasteiger partial charge in [-0.25, -0.2) is 12.8 Å². The standard InChI is InChI=1S/C14H14ClFN2O2S/c1-2-9-3-5-11(17)8-14(9)21(19,20)18-13-7-10(16)4-6-12(13)15/h3-8,18H,2,17H2,1H3. The van der Waals surface area contributed by atoms with E-state index in [1.54, 1.807) is 12.1 Å². The molecule has 0 saturated heterocycles. The highest BCUT2D eigenvalue weighted by Gasteiger charge is 2.19. The van der Waals surface area contributed by atoms with Crippen LogP contribution in [0.3, 0.4) is 0 Å². The molecule has 7 heteroatoms. The zero-order valence-corrected chi connectivity index (χ0v) is 12.8.